The minimum Gasteiger partial charge on any atom is -0.329 e. The Balaban J connectivity index is 1.29. The Morgan fingerprint density at radius 1 is 0.889 bits per heavy atom. The van der Waals surface area contributed by atoms with Gasteiger partial charge in [0, 0.05) is 37.5 Å². The van der Waals surface area contributed by atoms with E-state index in [2.05, 4.69) is 11.2 Å². The van der Waals surface area contributed by atoms with E-state index < -0.39 is 0 Å². The molecule has 1 saturated carbocycles. The molecule has 184 valence electrons. The van der Waals surface area contributed by atoms with E-state index in [4.69, 9.17) is 0 Å². The number of hydrogen-bond acceptors (Lipinski definition) is 4. The van der Waals surface area contributed by atoms with Crippen molar-refractivity contribution in [3.8, 4) is 11.3 Å². The fraction of sp³-hybridized carbons (Fsp3) is 0.379. The van der Waals surface area contributed by atoms with Crippen LogP contribution in [0.15, 0.2) is 54.7 Å². The number of hydrogen-bond donors (Lipinski definition) is 0. The highest BCUT2D eigenvalue weighted by Crippen LogP contribution is 2.35. The molecule has 0 N–H and O–H groups in total. The first-order valence-corrected chi connectivity index (χ1v) is 12.9. The first-order valence-electron chi connectivity index (χ1n) is 12.9. The van der Waals surface area contributed by atoms with E-state index in [1.807, 2.05) is 34.8 Å². The fourth-order valence-electron chi connectivity index (χ4n) is 6.18. The van der Waals surface area contributed by atoms with Gasteiger partial charge in [-0.3, -0.25) is 24.0 Å². The zero-order valence-electron chi connectivity index (χ0n) is 20.5. The van der Waals surface area contributed by atoms with Crippen LogP contribution >= 0.6 is 0 Å². The van der Waals surface area contributed by atoms with E-state index in [9.17, 15) is 14.4 Å². The summed E-state index contributed by atoms with van der Waals surface area (Å²) in [6.45, 7) is 0.720. The summed E-state index contributed by atoms with van der Waals surface area (Å²) in [5.74, 6) is -0.0294. The third kappa shape index (κ3) is 3.83. The molecular weight excluding hydrogens is 452 g/mol. The number of carbonyl (C=O) groups excluding carboxylic acids is 3. The first-order chi connectivity index (χ1) is 17.5. The van der Waals surface area contributed by atoms with Gasteiger partial charge in [-0.15, -0.1) is 0 Å². The maximum atomic E-state index is 13.6. The van der Waals surface area contributed by atoms with Gasteiger partial charge in [0.1, 0.15) is 0 Å². The molecular formula is C29H30N4O3. The summed E-state index contributed by atoms with van der Waals surface area (Å²) in [5, 5.41) is 4.27. The number of fused-ring (bicyclic) bond motifs is 2. The van der Waals surface area contributed by atoms with Crippen LogP contribution in [0.4, 0.5) is 0 Å². The van der Waals surface area contributed by atoms with Gasteiger partial charge in [-0.2, -0.15) is 5.10 Å². The molecule has 3 heterocycles. The van der Waals surface area contributed by atoms with E-state index >= 15 is 0 Å². The molecule has 0 radical (unpaired) electrons. The Labute approximate surface area is 210 Å². The van der Waals surface area contributed by atoms with Crippen molar-refractivity contribution in [2.45, 2.75) is 51.1 Å². The summed E-state index contributed by atoms with van der Waals surface area (Å²) in [6.07, 6.45) is 8.50. The smallest absolute Gasteiger partial charge is 0.261 e. The zero-order valence-corrected chi connectivity index (χ0v) is 20.5. The van der Waals surface area contributed by atoms with Crippen LogP contribution in [-0.4, -0.2) is 49.9 Å². The van der Waals surface area contributed by atoms with Crippen LogP contribution in [0.25, 0.3) is 11.3 Å². The average Bonchev–Trinajstić information content (AvgIpc) is 3.55. The zero-order chi connectivity index (χ0) is 24.8. The summed E-state index contributed by atoms with van der Waals surface area (Å²) in [7, 11) is 1.91. The van der Waals surface area contributed by atoms with Gasteiger partial charge in [-0.25, -0.2) is 0 Å². The van der Waals surface area contributed by atoms with E-state index in [-0.39, 0.29) is 30.3 Å². The van der Waals surface area contributed by atoms with Crippen molar-refractivity contribution < 1.29 is 14.4 Å². The highest BCUT2D eigenvalue weighted by molar-refractivity contribution is 6.21. The second-order valence-corrected chi connectivity index (χ2v) is 10.3. The Kier molecular flexibility index (Phi) is 5.70. The van der Waals surface area contributed by atoms with Gasteiger partial charge in [0.2, 0.25) is 0 Å². The number of nitrogens with zero attached hydrogens (tertiary/aromatic N) is 4. The number of aryl methyl sites for hydroxylation is 1. The molecule has 3 aliphatic rings. The molecule has 7 nitrogen and oxygen atoms in total. The quantitative estimate of drug-likeness (QED) is 0.478. The van der Waals surface area contributed by atoms with E-state index in [0.29, 0.717) is 29.2 Å². The van der Waals surface area contributed by atoms with E-state index in [1.165, 1.54) is 24.2 Å². The lowest BCUT2D eigenvalue weighted by atomic mass is 9.84. The molecule has 36 heavy (non-hydrogen) atoms. The maximum absolute atomic E-state index is 13.6. The van der Waals surface area contributed by atoms with Crippen molar-refractivity contribution >= 4 is 17.7 Å². The highest BCUT2D eigenvalue weighted by Gasteiger charge is 2.41. The van der Waals surface area contributed by atoms with Crippen molar-refractivity contribution in [1.29, 1.82) is 0 Å². The van der Waals surface area contributed by atoms with Crippen LogP contribution in [0.5, 0.6) is 0 Å². The molecule has 0 saturated heterocycles. The SMILES string of the molecule is Cn1nccc1-c1ccc2c(c1)CN(C(CC1CCCCC1)CN1C(=O)c3ccccc3C1=O)C2=O. The molecule has 1 fully saturated rings. The van der Waals surface area contributed by atoms with Crippen molar-refractivity contribution in [1.82, 2.24) is 19.6 Å². The predicted molar refractivity (Wildman–Crippen MR) is 135 cm³/mol. The lowest BCUT2D eigenvalue weighted by molar-refractivity contribution is 0.0493. The second kappa shape index (κ2) is 9.04. The Morgan fingerprint density at radius 3 is 2.28 bits per heavy atom. The lowest BCUT2D eigenvalue weighted by Gasteiger charge is -2.34. The van der Waals surface area contributed by atoms with E-state index in [1.54, 1.807) is 30.5 Å². The molecule has 0 spiro atoms. The Morgan fingerprint density at radius 2 is 1.61 bits per heavy atom. The Bertz CT molecular complexity index is 1320. The minimum atomic E-state index is -0.258. The topological polar surface area (TPSA) is 75.5 Å². The number of amides is 3. The van der Waals surface area contributed by atoms with Gasteiger partial charge >= 0.3 is 0 Å². The van der Waals surface area contributed by atoms with Gasteiger partial charge in [-0.1, -0.05) is 50.3 Å². The molecule has 6 rings (SSSR count). The number of carbonyl (C=O) groups is 3. The number of benzene rings is 2. The van der Waals surface area contributed by atoms with Crippen molar-refractivity contribution in [2.24, 2.45) is 13.0 Å². The molecule has 1 atom stereocenters. The van der Waals surface area contributed by atoms with Crippen molar-refractivity contribution in [3.05, 3.63) is 77.0 Å². The summed E-state index contributed by atoms with van der Waals surface area (Å²) in [4.78, 5) is 43.2. The molecule has 1 aromatic heterocycles. The Hall–Kier alpha value is -3.74. The molecule has 7 heteroatoms. The molecule has 1 unspecified atom stereocenters. The van der Waals surface area contributed by atoms with Crippen LogP contribution in [-0.2, 0) is 13.6 Å². The molecule has 3 amide bonds. The van der Waals surface area contributed by atoms with Crippen LogP contribution in [0.2, 0.25) is 0 Å². The summed E-state index contributed by atoms with van der Waals surface area (Å²) in [6, 6.07) is 14.7. The number of aromatic nitrogens is 2. The van der Waals surface area contributed by atoms with Crippen LogP contribution in [0, 0.1) is 5.92 Å². The lowest BCUT2D eigenvalue weighted by Crippen LogP contribution is -2.47. The fourth-order valence-corrected chi connectivity index (χ4v) is 6.18. The molecule has 2 aliphatic heterocycles. The summed E-state index contributed by atoms with van der Waals surface area (Å²) in [5.41, 5.74) is 4.61. The van der Waals surface area contributed by atoms with Gasteiger partial charge in [-0.05, 0) is 48.2 Å². The summed E-state index contributed by atoms with van der Waals surface area (Å²) < 4.78 is 1.82. The molecule has 2 aromatic carbocycles. The van der Waals surface area contributed by atoms with Gasteiger partial charge in [0.25, 0.3) is 17.7 Å². The molecule has 3 aromatic rings. The van der Waals surface area contributed by atoms with Gasteiger partial charge in [0.05, 0.1) is 22.9 Å². The maximum Gasteiger partial charge on any atom is 0.261 e. The second-order valence-electron chi connectivity index (χ2n) is 10.3. The van der Waals surface area contributed by atoms with Gasteiger partial charge < -0.3 is 4.90 Å². The third-order valence-electron chi connectivity index (χ3n) is 8.10. The average molecular weight is 483 g/mol. The van der Waals surface area contributed by atoms with Crippen LogP contribution < -0.4 is 0 Å². The molecule has 1 aliphatic carbocycles. The van der Waals surface area contributed by atoms with Crippen molar-refractivity contribution in [2.75, 3.05) is 6.54 Å². The third-order valence-corrected chi connectivity index (χ3v) is 8.10. The van der Waals surface area contributed by atoms with E-state index in [0.717, 1.165) is 36.1 Å². The predicted octanol–water partition coefficient (Wildman–Crippen LogP) is 4.68. The monoisotopic (exact) mass is 482 g/mol. The first kappa shape index (κ1) is 22.7. The largest absolute Gasteiger partial charge is 0.329 e. The minimum absolute atomic E-state index is 0.0148. The standard InChI is InChI=1S/C29H30N4O3/c1-31-26(13-14-30-31)20-11-12-23-21(16-20)17-32(27(23)34)22(15-19-7-3-2-4-8-19)18-33-28(35)24-9-5-6-10-25(24)29(33)36/h5-6,9-14,16,19,22H,2-4,7-8,15,17-18H2,1H3. The normalized spacial score (nSPS) is 18.6. The van der Waals surface area contributed by atoms with Crippen molar-refractivity contribution in [3.63, 3.8) is 0 Å². The summed E-state index contributed by atoms with van der Waals surface area (Å²) >= 11 is 0. The number of rotatable bonds is 6. The van der Waals surface area contributed by atoms with Crippen LogP contribution in [0.3, 0.4) is 0 Å². The van der Waals surface area contributed by atoms with Crippen LogP contribution in [0.1, 0.15) is 75.2 Å². The number of imide groups is 1. The van der Waals surface area contributed by atoms with Gasteiger partial charge in [0.15, 0.2) is 0 Å². The molecule has 0 bridgehead atoms. The highest BCUT2D eigenvalue weighted by atomic mass is 16.2.